The minimum atomic E-state index is -0.816. The van der Waals surface area contributed by atoms with Gasteiger partial charge in [-0.3, -0.25) is 4.79 Å². The zero-order valence-electron chi connectivity index (χ0n) is 10.5. The monoisotopic (exact) mass is 279 g/mol. The van der Waals surface area contributed by atoms with Crippen molar-refractivity contribution in [3.05, 3.63) is 51.2 Å². The van der Waals surface area contributed by atoms with Crippen molar-refractivity contribution < 1.29 is 14.3 Å². The molecule has 1 aromatic carbocycles. The predicted octanol–water partition coefficient (Wildman–Crippen LogP) is 3.20. The maximum atomic E-state index is 13.5. The fourth-order valence-electron chi connectivity index (χ4n) is 1.82. The van der Waals surface area contributed by atoms with Crippen LogP contribution in [0, 0.1) is 12.7 Å². The third kappa shape index (κ3) is 3.61. The summed E-state index contributed by atoms with van der Waals surface area (Å²) in [5, 5.41) is 9.50. The molecule has 19 heavy (non-hydrogen) atoms. The molecule has 0 amide bonds. The first-order valence-electron chi connectivity index (χ1n) is 5.96. The Morgan fingerprint density at radius 2 is 2.16 bits per heavy atom. The molecule has 1 N–H and O–H groups in total. The second kappa shape index (κ2) is 5.93. The van der Waals surface area contributed by atoms with Gasteiger partial charge in [0.15, 0.2) is 0 Å². The minimum absolute atomic E-state index is 0.0994. The Morgan fingerprint density at radius 1 is 1.42 bits per heavy atom. The highest BCUT2D eigenvalue weighted by atomic mass is 32.1. The summed E-state index contributed by atoms with van der Waals surface area (Å²) in [5.74, 6) is -1.05. The zero-order chi connectivity index (χ0) is 13.8. The highest BCUT2D eigenvalue weighted by molar-refractivity contribution is 7.11. The molecule has 0 atom stereocenters. The number of aliphatic carboxylic acids is 1. The highest BCUT2D eigenvalue weighted by Crippen LogP contribution is 2.23. The molecule has 0 spiro atoms. The van der Waals surface area contributed by atoms with E-state index in [4.69, 9.17) is 5.11 Å². The van der Waals surface area contributed by atoms with E-state index in [0.717, 1.165) is 15.6 Å². The normalized spacial score (nSPS) is 10.6. The lowest BCUT2D eigenvalue weighted by atomic mass is 10.1. The molecule has 0 saturated carbocycles. The average Bonchev–Trinajstić information content (AvgIpc) is 2.70. The molecule has 0 unspecified atom stereocenters. The molecule has 0 bridgehead atoms. The first kappa shape index (κ1) is 13.7. The van der Waals surface area contributed by atoms with Crippen LogP contribution in [0.5, 0.6) is 0 Å². The van der Waals surface area contributed by atoms with Gasteiger partial charge in [0, 0.05) is 11.3 Å². The lowest BCUT2D eigenvalue weighted by Gasteiger charge is -1.99. The van der Waals surface area contributed by atoms with Gasteiger partial charge in [0.25, 0.3) is 0 Å². The molecule has 5 heteroatoms. The summed E-state index contributed by atoms with van der Waals surface area (Å²) < 4.78 is 13.5. The van der Waals surface area contributed by atoms with Gasteiger partial charge in [-0.15, -0.1) is 11.3 Å². The van der Waals surface area contributed by atoms with E-state index in [-0.39, 0.29) is 12.2 Å². The standard InChI is InChI=1S/C14H14FNO2S/c1-9-12(6-7-14(17)18)19-13(16-9)8-10-4-2-3-5-11(10)15/h2-5H,6-8H2,1H3,(H,17,18). The highest BCUT2D eigenvalue weighted by Gasteiger charge is 2.11. The second-order valence-electron chi connectivity index (χ2n) is 4.28. The van der Waals surface area contributed by atoms with Crippen molar-refractivity contribution in [2.45, 2.75) is 26.2 Å². The second-order valence-corrected chi connectivity index (χ2v) is 5.45. The van der Waals surface area contributed by atoms with Crippen molar-refractivity contribution in [1.29, 1.82) is 0 Å². The van der Waals surface area contributed by atoms with Crippen LogP contribution >= 0.6 is 11.3 Å². The summed E-state index contributed by atoms with van der Waals surface area (Å²) in [6.45, 7) is 1.86. The van der Waals surface area contributed by atoms with Crippen molar-refractivity contribution in [1.82, 2.24) is 4.98 Å². The van der Waals surface area contributed by atoms with Gasteiger partial charge in [-0.2, -0.15) is 0 Å². The number of carboxylic acids is 1. The number of rotatable bonds is 5. The van der Waals surface area contributed by atoms with E-state index < -0.39 is 5.97 Å². The Labute approximate surface area is 114 Å². The van der Waals surface area contributed by atoms with Crippen molar-refractivity contribution >= 4 is 17.3 Å². The number of carboxylic acid groups (broad SMARTS) is 1. The van der Waals surface area contributed by atoms with E-state index in [0.29, 0.717) is 18.4 Å². The number of hydrogen-bond acceptors (Lipinski definition) is 3. The maximum absolute atomic E-state index is 13.5. The van der Waals surface area contributed by atoms with Crippen LogP contribution in [0.4, 0.5) is 4.39 Å². The molecule has 1 heterocycles. The summed E-state index contributed by atoms with van der Waals surface area (Å²) in [4.78, 5) is 15.9. The first-order valence-corrected chi connectivity index (χ1v) is 6.78. The van der Waals surface area contributed by atoms with E-state index in [1.54, 1.807) is 18.2 Å². The van der Waals surface area contributed by atoms with E-state index in [2.05, 4.69) is 4.98 Å². The summed E-state index contributed by atoms with van der Waals surface area (Å²) in [6, 6.07) is 6.62. The van der Waals surface area contributed by atoms with Gasteiger partial charge in [0.05, 0.1) is 17.1 Å². The minimum Gasteiger partial charge on any atom is -0.481 e. The van der Waals surface area contributed by atoms with Crippen LogP contribution in [0.1, 0.15) is 27.6 Å². The number of benzene rings is 1. The number of halogens is 1. The average molecular weight is 279 g/mol. The molecule has 1 aromatic heterocycles. The van der Waals surface area contributed by atoms with Crippen molar-refractivity contribution in [2.75, 3.05) is 0 Å². The van der Waals surface area contributed by atoms with Gasteiger partial charge in [-0.25, -0.2) is 9.37 Å². The number of carbonyl (C=O) groups is 1. The third-order valence-electron chi connectivity index (χ3n) is 2.80. The number of nitrogens with zero attached hydrogens (tertiary/aromatic N) is 1. The smallest absolute Gasteiger partial charge is 0.303 e. The number of aryl methyl sites for hydroxylation is 2. The van der Waals surface area contributed by atoms with E-state index >= 15 is 0 Å². The topological polar surface area (TPSA) is 50.2 Å². The molecule has 3 nitrogen and oxygen atoms in total. The molecule has 0 saturated heterocycles. The van der Waals surface area contributed by atoms with E-state index in [1.807, 2.05) is 6.92 Å². The third-order valence-corrected chi connectivity index (χ3v) is 4.02. The Hall–Kier alpha value is -1.75. The summed E-state index contributed by atoms with van der Waals surface area (Å²) >= 11 is 1.46. The summed E-state index contributed by atoms with van der Waals surface area (Å²) in [6.07, 6.45) is 1.03. The Kier molecular flexibility index (Phi) is 4.27. The SMILES string of the molecule is Cc1nc(Cc2ccccc2F)sc1CCC(=O)O. The Morgan fingerprint density at radius 3 is 2.84 bits per heavy atom. The number of thiazole rings is 1. The molecule has 0 aliphatic heterocycles. The maximum Gasteiger partial charge on any atom is 0.303 e. The van der Waals surface area contributed by atoms with Gasteiger partial charge in [0.1, 0.15) is 5.82 Å². The lowest BCUT2D eigenvalue weighted by Crippen LogP contribution is -1.96. The van der Waals surface area contributed by atoms with Gasteiger partial charge < -0.3 is 5.11 Å². The Bertz CT molecular complexity index is 595. The lowest BCUT2D eigenvalue weighted by molar-refractivity contribution is -0.136. The van der Waals surface area contributed by atoms with Crippen LogP contribution in [-0.2, 0) is 17.6 Å². The number of hydrogen-bond donors (Lipinski definition) is 1. The first-order chi connectivity index (χ1) is 9.06. The zero-order valence-corrected chi connectivity index (χ0v) is 11.3. The molecule has 2 aromatic rings. The van der Waals surface area contributed by atoms with Gasteiger partial charge in [-0.05, 0) is 25.0 Å². The molecule has 100 valence electrons. The summed E-state index contributed by atoms with van der Waals surface area (Å²) in [7, 11) is 0. The van der Waals surface area contributed by atoms with Crippen LogP contribution in [0.2, 0.25) is 0 Å². The van der Waals surface area contributed by atoms with Crippen molar-refractivity contribution in [3.63, 3.8) is 0 Å². The fourth-order valence-corrected chi connectivity index (χ4v) is 2.91. The molecule has 0 radical (unpaired) electrons. The predicted molar refractivity (Wildman–Crippen MR) is 72.0 cm³/mol. The quantitative estimate of drug-likeness (QED) is 0.914. The Balaban J connectivity index is 2.12. The van der Waals surface area contributed by atoms with Gasteiger partial charge in [0.2, 0.25) is 0 Å². The number of aromatic nitrogens is 1. The van der Waals surface area contributed by atoms with Crippen molar-refractivity contribution in [2.24, 2.45) is 0 Å². The van der Waals surface area contributed by atoms with E-state index in [1.165, 1.54) is 17.4 Å². The van der Waals surface area contributed by atoms with Crippen LogP contribution < -0.4 is 0 Å². The molecular formula is C14H14FNO2S. The summed E-state index contributed by atoms with van der Waals surface area (Å²) in [5.41, 5.74) is 1.46. The molecule has 0 fully saturated rings. The molecular weight excluding hydrogens is 265 g/mol. The van der Waals surface area contributed by atoms with Gasteiger partial charge >= 0.3 is 5.97 Å². The molecule has 0 aliphatic carbocycles. The van der Waals surface area contributed by atoms with Crippen LogP contribution in [-0.4, -0.2) is 16.1 Å². The van der Waals surface area contributed by atoms with Crippen LogP contribution in [0.3, 0.4) is 0 Å². The van der Waals surface area contributed by atoms with E-state index in [9.17, 15) is 9.18 Å². The largest absolute Gasteiger partial charge is 0.481 e. The van der Waals surface area contributed by atoms with Crippen molar-refractivity contribution in [3.8, 4) is 0 Å². The van der Waals surface area contributed by atoms with Gasteiger partial charge in [-0.1, -0.05) is 18.2 Å². The fraction of sp³-hybridized carbons (Fsp3) is 0.286. The van der Waals surface area contributed by atoms with Crippen LogP contribution in [0.15, 0.2) is 24.3 Å². The molecule has 2 rings (SSSR count). The molecule has 0 aliphatic rings. The van der Waals surface area contributed by atoms with Crippen LogP contribution in [0.25, 0.3) is 0 Å².